The molecule has 2 N–H and O–H groups in total. The minimum Gasteiger partial charge on any atom is -0.497 e. The zero-order chi connectivity index (χ0) is 18.3. The molecule has 0 spiro atoms. The summed E-state index contributed by atoms with van der Waals surface area (Å²) >= 11 is 0. The molecule has 2 aliphatic heterocycles. The van der Waals surface area contributed by atoms with Crippen LogP contribution in [0.1, 0.15) is 18.5 Å². The number of rotatable bonds is 3. The highest BCUT2D eigenvalue weighted by Crippen LogP contribution is 2.42. The minimum atomic E-state index is -0.385. The molecule has 0 unspecified atom stereocenters. The van der Waals surface area contributed by atoms with E-state index < -0.39 is 0 Å². The smallest absolute Gasteiger partial charge is 0.319 e. The normalized spacial score (nSPS) is 28.8. The van der Waals surface area contributed by atoms with Crippen molar-refractivity contribution in [2.45, 2.75) is 25.2 Å². The van der Waals surface area contributed by atoms with Crippen LogP contribution in [-0.4, -0.2) is 62.4 Å². The van der Waals surface area contributed by atoms with E-state index in [-0.39, 0.29) is 36.2 Å². The number of urea groups is 2. The number of fused-ring (bicyclic) bond motifs is 1. The highest BCUT2D eigenvalue weighted by molar-refractivity contribution is 5.80. The average Bonchev–Trinajstić information content (AvgIpc) is 2.61. The topological polar surface area (TPSA) is 83.1 Å². The van der Waals surface area contributed by atoms with E-state index in [0.717, 1.165) is 5.56 Å². The van der Waals surface area contributed by atoms with Crippen LogP contribution in [0.3, 0.4) is 0 Å². The Morgan fingerprint density at radius 3 is 2.32 bits per heavy atom. The summed E-state index contributed by atoms with van der Waals surface area (Å²) in [5.74, 6) is 1.28. The maximum Gasteiger partial charge on any atom is 0.319 e. The van der Waals surface area contributed by atoms with Crippen molar-refractivity contribution in [1.29, 1.82) is 0 Å². The number of carbonyl (C=O) groups excluding carboxylic acids is 2. The first kappa shape index (κ1) is 17.2. The molecule has 2 fully saturated rings. The Hall–Kier alpha value is -2.64. The Morgan fingerprint density at radius 2 is 1.68 bits per heavy atom. The van der Waals surface area contributed by atoms with Gasteiger partial charge in [0.1, 0.15) is 17.7 Å². The fourth-order valence-electron chi connectivity index (χ4n) is 3.78. The van der Waals surface area contributed by atoms with Gasteiger partial charge in [0.25, 0.3) is 0 Å². The summed E-state index contributed by atoms with van der Waals surface area (Å²) in [5.41, 5.74) is 0.882. The summed E-state index contributed by atoms with van der Waals surface area (Å²) in [6.07, 6.45) is -0.385. The van der Waals surface area contributed by atoms with Crippen LogP contribution in [0.25, 0.3) is 0 Å². The van der Waals surface area contributed by atoms with Gasteiger partial charge in [0, 0.05) is 37.7 Å². The number of amides is 4. The molecule has 2 aliphatic rings. The quantitative estimate of drug-likeness (QED) is 0.865. The van der Waals surface area contributed by atoms with Crippen LogP contribution in [0.2, 0.25) is 0 Å². The lowest BCUT2D eigenvalue weighted by Gasteiger charge is -2.52. The highest BCUT2D eigenvalue weighted by atomic mass is 16.5. The van der Waals surface area contributed by atoms with E-state index in [1.807, 2.05) is 19.1 Å². The molecule has 2 saturated heterocycles. The summed E-state index contributed by atoms with van der Waals surface area (Å²) in [7, 11) is 6.63. The van der Waals surface area contributed by atoms with Gasteiger partial charge in [-0.3, -0.25) is 0 Å². The van der Waals surface area contributed by atoms with Crippen LogP contribution in [0.4, 0.5) is 9.59 Å². The van der Waals surface area contributed by atoms with Crippen molar-refractivity contribution in [1.82, 2.24) is 20.4 Å². The molecule has 25 heavy (non-hydrogen) atoms. The van der Waals surface area contributed by atoms with E-state index in [9.17, 15) is 9.59 Å². The number of ether oxygens (including phenoxy) is 2. The molecule has 8 heteroatoms. The van der Waals surface area contributed by atoms with Gasteiger partial charge in [-0.2, -0.15) is 0 Å². The summed E-state index contributed by atoms with van der Waals surface area (Å²) in [4.78, 5) is 27.8. The lowest BCUT2D eigenvalue weighted by molar-refractivity contribution is 0.0241. The van der Waals surface area contributed by atoms with Crippen LogP contribution in [0.5, 0.6) is 11.5 Å². The standard InChI is InChI=1S/C17H24N4O4/c1-9-13-14(11-7-6-10(24-4)8-12(11)25-5)20(2)17(23)19-15(13)21(3)16(22)18-9/h6-9,13-15H,1-5H3,(H,18,22)(H,19,23)/t9-,13-,14+,15-/m0/s1. The summed E-state index contributed by atoms with van der Waals surface area (Å²) < 4.78 is 10.8. The fraction of sp³-hybridized carbons (Fsp3) is 0.529. The molecule has 0 aliphatic carbocycles. The Kier molecular flexibility index (Phi) is 4.36. The molecule has 0 aromatic heterocycles. The fourth-order valence-corrected chi connectivity index (χ4v) is 3.78. The number of methoxy groups -OCH3 is 2. The van der Waals surface area contributed by atoms with Crippen molar-refractivity contribution in [2.75, 3.05) is 28.3 Å². The SMILES string of the molecule is COc1ccc([C@@H]2[C@@H]3[C@H](C)NC(=O)N(C)[C@@H]3NC(=O)N2C)c(OC)c1. The van der Waals surface area contributed by atoms with Gasteiger partial charge >= 0.3 is 12.1 Å². The van der Waals surface area contributed by atoms with Crippen LogP contribution in [-0.2, 0) is 0 Å². The van der Waals surface area contributed by atoms with Crippen molar-refractivity contribution < 1.29 is 19.1 Å². The predicted molar refractivity (Wildman–Crippen MR) is 91.6 cm³/mol. The molecule has 2 heterocycles. The number of hydrogen-bond donors (Lipinski definition) is 2. The Labute approximate surface area is 147 Å². The van der Waals surface area contributed by atoms with E-state index in [2.05, 4.69) is 10.6 Å². The van der Waals surface area contributed by atoms with Crippen LogP contribution in [0, 0.1) is 5.92 Å². The first-order chi connectivity index (χ1) is 11.9. The number of nitrogens with zero attached hydrogens (tertiary/aromatic N) is 2. The molecule has 8 nitrogen and oxygen atoms in total. The van der Waals surface area contributed by atoms with E-state index in [1.165, 1.54) is 0 Å². The largest absolute Gasteiger partial charge is 0.497 e. The monoisotopic (exact) mass is 348 g/mol. The Bertz CT molecular complexity index is 695. The molecule has 0 saturated carbocycles. The first-order valence-corrected chi connectivity index (χ1v) is 8.17. The van der Waals surface area contributed by atoms with Gasteiger partial charge in [-0.15, -0.1) is 0 Å². The highest BCUT2D eigenvalue weighted by Gasteiger charge is 2.50. The van der Waals surface area contributed by atoms with Crippen LogP contribution < -0.4 is 20.1 Å². The van der Waals surface area contributed by atoms with Gasteiger partial charge in [0.15, 0.2) is 0 Å². The molecule has 4 amide bonds. The van der Waals surface area contributed by atoms with Gasteiger partial charge in [0.05, 0.1) is 20.3 Å². The van der Waals surface area contributed by atoms with Gasteiger partial charge in [0.2, 0.25) is 0 Å². The molecule has 136 valence electrons. The number of hydrogen-bond acceptors (Lipinski definition) is 4. The van der Waals surface area contributed by atoms with Gasteiger partial charge in [-0.1, -0.05) is 0 Å². The molecule has 0 radical (unpaired) electrons. The minimum absolute atomic E-state index is 0.0484. The molecule has 1 aromatic rings. The second kappa shape index (κ2) is 6.34. The zero-order valence-electron chi connectivity index (χ0n) is 15.1. The third kappa shape index (κ3) is 2.71. The predicted octanol–water partition coefficient (Wildman–Crippen LogP) is 1.39. The Balaban J connectivity index is 2.09. The molecule has 0 bridgehead atoms. The van der Waals surface area contributed by atoms with Crippen LogP contribution >= 0.6 is 0 Å². The zero-order valence-corrected chi connectivity index (χ0v) is 15.1. The second-order valence-electron chi connectivity index (χ2n) is 6.48. The van der Waals surface area contributed by atoms with Gasteiger partial charge in [-0.25, -0.2) is 9.59 Å². The van der Waals surface area contributed by atoms with Crippen molar-refractivity contribution in [2.24, 2.45) is 5.92 Å². The second-order valence-corrected chi connectivity index (χ2v) is 6.48. The van der Waals surface area contributed by atoms with E-state index >= 15 is 0 Å². The molecule has 4 atom stereocenters. The maximum absolute atomic E-state index is 12.5. The van der Waals surface area contributed by atoms with E-state index in [4.69, 9.17) is 9.47 Å². The van der Waals surface area contributed by atoms with Crippen molar-refractivity contribution in [3.05, 3.63) is 23.8 Å². The van der Waals surface area contributed by atoms with Crippen LogP contribution in [0.15, 0.2) is 18.2 Å². The third-order valence-corrected chi connectivity index (χ3v) is 5.16. The lowest BCUT2D eigenvalue weighted by atomic mass is 9.81. The van der Waals surface area contributed by atoms with Crippen molar-refractivity contribution in [3.63, 3.8) is 0 Å². The summed E-state index contributed by atoms with van der Waals surface area (Å²) in [6.45, 7) is 1.96. The molecular formula is C17H24N4O4. The lowest BCUT2D eigenvalue weighted by Crippen LogP contribution is -2.71. The van der Waals surface area contributed by atoms with Crippen molar-refractivity contribution in [3.8, 4) is 11.5 Å². The van der Waals surface area contributed by atoms with E-state index in [0.29, 0.717) is 11.5 Å². The van der Waals surface area contributed by atoms with Gasteiger partial charge in [-0.05, 0) is 19.1 Å². The van der Waals surface area contributed by atoms with Crippen molar-refractivity contribution >= 4 is 12.1 Å². The Morgan fingerprint density at radius 1 is 1.00 bits per heavy atom. The molecular weight excluding hydrogens is 324 g/mol. The maximum atomic E-state index is 12.5. The van der Waals surface area contributed by atoms with Gasteiger partial charge < -0.3 is 29.9 Å². The summed E-state index contributed by atoms with van der Waals surface area (Å²) in [6, 6.07) is 4.78. The molecule has 3 rings (SSSR count). The van der Waals surface area contributed by atoms with E-state index in [1.54, 1.807) is 44.2 Å². The molecule has 1 aromatic carbocycles. The third-order valence-electron chi connectivity index (χ3n) is 5.16. The number of benzene rings is 1. The first-order valence-electron chi connectivity index (χ1n) is 8.17. The number of nitrogens with one attached hydrogen (secondary N) is 2. The average molecular weight is 348 g/mol. The summed E-state index contributed by atoms with van der Waals surface area (Å²) in [5, 5.41) is 5.89. The number of carbonyl (C=O) groups is 2.